The molecular formula is C10H10N6O2. The van der Waals surface area contributed by atoms with E-state index in [1.54, 1.807) is 24.3 Å². The zero-order valence-corrected chi connectivity index (χ0v) is 9.33. The molecule has 0 amide bonds. The predicted molar refractivity (Wildman–Crippen MR) is 64.7 cm³/mol. The molecule has 0 aliphatic heterocycles. The second-order valence-corrected chi connectivity index (χ2v) is 3.57. The molecule has 0 aliphatic rings. The molecule has 8 heteroatoms. The molecule has 2 N–H and O–H groups in total. The zero-order valence-electron chi connectivity index (χ0n) is 9.33. The van der Waals surface area contributed by atoms with E-state index in [1.165, 1.54) is 0 Å². The Morgan fingerprint density at radius 3 is 2.33 bits per heavy atom. The molecule has 1 heterocycles. The quantitative estimate of drug-likeness (QED) is 0.469. The Labute approximate surface area is 101 Å². The average molecular weight is 246 g/mol. The number of nitrogens with one attached hydrogen (secondary N) is 2. The van der Waals surface area contributed by atoms with Gasteiger partial charge in [-0.05, 0) is 29.6 Å². The predicted octanol–water partition coefficient (Wildman–Crippen LogP) is 0.707. The highest BCUT2D eigenvalue weighted by Gasteiger charge is 2.05. The molecule has 0 fully saturated rings. The maximum absolute atomic E-state index is 11.4. The topological polar surface area (TPSA) is 119 Å². The van der Waals surface area contributed by atoms with E-state index in [9.17, 15) is 9.59 Å². The fraction of sp³-hybridized carbons (Fsp3) is 0.200. The first-order chi connectivity index (χ1) is 8.72. The molecule has 0 saturated heterocycles. The minimum atomic E-state index is -0.512. The Balaban J connectivity index is 2.25. The summed E-state index contributed by atoms with van der Waals surface area (Å²) < 4.78 is 0.997. The van der Waals surface area contributed by atoms with Crippen molar-refractivity contribution >= 4 is 0 Å². The van der Waals surface area contributed by atoms with E-state index >= 15 is 0 Å². The molecule has 1 aromatic carbocycles. The normalized spacial score (nSPS) is 10.0. The van der Waals surface area contributed by atoms with E-state index in [1.807, 2.05) is 0 Å². The summed E-state index contributed by atoms with van der Waals surface area (Å²) in [7, 11) is 0. The third kappa shape index (κ3) is 2.33. The molecule has 0 atom stereocenters. The van der Waals surface area contributed by atoms with Crippen LogP contribution in [0, 0.1) is 0 Å². The van der Waals surface area contributed by atoms with Gasteiger partial charge < -0.3 is 0 Å². The molecule has 92 valence electrons. The summed E-state index contributed by atoms with van der Waals surface area (Å²) in [6, 6.07) is 6.88. The summed E-state index contributed by atoms with van der Waals surface area (Å²) in [5.41, 5.74) is 8.57. The third-order valence-corrected chi connectivity index (χ3v) is 2.44. The lowest BCUT2D eigenvalue weighted by Crippen LogP contribution is -2.24. The van der Waals surface area contributed by atoms with Gasteiger partial charge in [-0.3, -0.25) is 0 Å². The van der Waals surface area contributed by atoms with Gasteiger partial charge in [-0.1, -0.05) is 17.2 Å². The number of rotatable bonds is 4. The Hall–Kier alpha value is -2.73. The van der Waals surface area contributed by atoms with Crippen molar-refractivity contribution in [2.45, 2.75) is 6.42 Å². The van der Waals surface area contributed by atoms with Crippen LogP contribution in [0.3, 0.4) is 0 Å². The Morgan fingerprint density at radius 2 is 1.78 bits per heavy atom. The van der Waals surface area contributed by atoms with E-state index in [0.29, 0.717) is 18.7 Å². The number of hydrogen-bond acceptors (Lipinski definition) is 3. The highest BCUT2D eigenvalue weighted by molar-refractivity contribution is 5.34. The maximum Gasteiger partial charge on any atom is 0.348 e. The van der Waals surface area contributed by atoms with Crippen LogP contribution in [0.5, 0.6) is 0 Å². The molecule has 0 bridgehead atoms. The summed E-state index contributed by atoms with van der Waals surface area (Å²) in [5, 5.41) is 7.85. The Kier molecular flexibility index (Phi) is 3.31. The van der Waals surface area contributed by atoms with E-state index in [4.69, 9.17) is 5.53 Å². The van der Waals surface area contributed by atoms with Gasteiger partial charge >= 0.3 is 11.4 Å². The molecular weight excluding hydrogens is 236 g/mol. The van der Waals surface area contributed by atoms with E-state index in [0.717, 1.165) is 10.1 Å². The minimum absolute atomic E-state index is 0.376. The number of aromatic amines is 2. The van der Waals surface area contributed by atoms with Crippen LogP contribution in [0.15, 0.2) is 39.0 Å². The molecule has 18 heavy (non-hydrogen) atoms. The largest absolute Gasteiger partial charge is 0.348 e. The van der Waals surface area contributed by atoms with E-state index in [2.05, 4.69) is 20.2 Å². The molecule has 2 rings (SSSR count). The number of aromatic nitrogens is 3. The number of hydrogen-bond donors (Lipinski definition) is 2. The van der Waals surface area contributed by atoms with Crippen LogP contribution in [-0.4, -0.2) is 21.3 Å². The molecule has 1 aromatic heterocycles. The standard InChI is InChI=1S/C10H10N6O2/c11-15-12-6-5-7-1-3-8(4-2-7)16-9(17)13-14-10(16)18/h1-4H,5-6H2,(H,13,17)(H,14,18). The van der Waals surface area contributed by atoms with Crippen LogP contribution in [0.4, 0.5) is 0 Å². The van der Waals surface area contributed by atoms with Crippen molar-refractivity contribution in [2.75, 3.05) is 6.54 Å². The summed E-state index contributed by atoms with van der Waals surface area (Å²) in [4.78, 5) is 25.4. The second-order valence-electron chi connectivity index (χ2n) is 3.57. The summed E-state index contributed by atoms with van der Waals surface area (Å²) >= 11 is 0. The number of benzene rings is 1. The van der Waals surface area contributed by atoms with Gasteiger partial charge in [0, 0.05) is 11.5 Å². The van der Waals surface area contributed by atoms with Gasteiger partial charge in [-0.15, -0.1) is 0 Å². The van der Waals surface area contributed by atoms with Gasteiger partial charge in [0.2, 0.25) is 0 Å². The first kappa shape index (κ1) is 11.7. The van der Waals surface area contributed by atoms with E-state index < -0.39 is 11.4 Å². The molecule has 0 aliphatic carbocycles. The number of azide groups is 1. The lowest BCUT2D eigenvalue weighted by atomic mass is 10.1. The van der Waals surface area contributed by atoms with Crippen LogP contribution in [0.25, 0.3) is 16.1 Å². The molecule has 0 spiro atoms. The Morgan fingerprint density at radius 1 is 1.17 bits per heavy atom. The zero-order chi connectivity index (χ0) is 13.0. The highest BCUT2D eigenvalue weighted by Crippen LogP contribution is 2.06. The first-order valence-electron chi connectivity index (χ1n) is 5.22. The minimum Gasteiger partial charge on any atom is -0.247 e. The fourth-order valence-electron chi connectivity index (χ4n) is 1.58. The van der Waals surface area contributed by atoms with Crippen molar-refractivity contribution in [2.24, 2.45) is 5.11 Å². The third-order valence-electron chi connectivity index (χ3n) is 2.44. The van der Waals surface area contributed by atoms with Crippen molar-refractivity contribution in [3.63, 3.8) is 0 Å². The average Bonchev–Trinajstić information content (AvgIpc) is 2.71. The van der Waals surface area contributed by atoms with Crippen LogP contribution < -0.4 is 11.4 Å². The van der Waals surface area contributed by atoms with Crippen molar-refractivity contribution in [1.29, 1.82) is 0 Å². The highest BCUT2D eigenvalue weighted by atomic mass is 16.2. The summed E-state index contributed by atoms with van der Waals surface area (Å²) in [6.07, 6.45) is 0.614. The molecule has 0 unspecified atom stereocenters. The van der Waals surface area contributed by atoms with Crippen molar-refractivity contribution in [3.05, 3.63) is 61.2 Å². The van der Waals surface area contributed by atoms with Crippen molar-refractivity contribution in [3.8, 4) is 5.69 Å². The molecule has 0 saturated carbocycles. The van der Waals surface area contributed by atoms with Crippen LogP contribution in [0.2, 0.25) is 0 Å². The van der Waals surface area contributed by atoms with Crippen molar-refractivity contribution in [1.82, 2.24) is 14.8 Å². The Bertz CT molecular complexity index is 659. The molecule has 0 radical (unpaired) electrons. The van der Waals surface area contributed by atoms with Crippen molar-refractivity contribution < 1.29 is 0 Å². The van der Waals surface area contributed by atoms with Gasteiger partial charge in [-0.25, -0.2) is 24.4 Å². The smallest absolute Gasteiger partial charge is 0.247 e. The van der Waals surface area contributed by atoms with Crippen LogP contribution in [0.1, 0.15) is 5.56 Å². The summed E-state index contributed by atoms with van der Waals surface area (Å²) in [6.45, 7) is 0.376. The first-order valence-corrected chi connectivity index (χ1v) is 5.22. The second kappa shape index (κ2) is 5.07. The van der Waals surface area contributed by atoms with Gasteiger partial charge in [0.1, 0.15) is 0 Å². The lowest BCUT2D eigenvalue weighted by Gasteiger charge is -2.01. The fourth-order valence-corrected chi connectivity index (χ4v) is 1.58. The van der Waals surface area contributed by atoms with Gasteiger partial charge in [-0.2, -0.15) is 0 Å². The number of nitrogens with zero attached hydrogens (tertiary/aromatic N) is 4. The van der Waals surface area contributed by atoms with Gasteiger partial charge in [0.25, 0.3) is 0 Å². The number of H-pyrrole nitrogens is 2. The monoisotopic (exact) mass is 246 g/mol. The van der Waals surface area contributed by atoms with Gasteiger partial charge in [0.05, 0.1) is 5.69 Å². The van der Waals surface area contributed by atoms with Crippen LogP contribution in [-0.2, 0) is 6.42 Å². The molecule has 8 nitrogen and oxygen atoms in total. The van der Waals surface area contributed by atoms with Gasteiger partial charge in [0.15, 0.2) is 0 Å². The van der Waals surface area contributed by atoms with Crippen LogP contribution >= 0.6 is 0 Å². The summed E-state index contributed by atoms with van der Waals surface area (Å²) in [5.74, 6) is 0. The maximum atomic E-state index is 11.4. The molecule has 2 aromatic rings. The van der Waals surface area contributed by atoms with E-state index in [-0.39, 0.29) is 0 Å². The lowest BCUT2D eigenvalue weighted by molar-refractivity contribution is 0.935. The SMILES string of the molecule is [N-]=[N+]=NCCc1ccc(-n2c(=O)[nH][nH]c2=O)cc1.